The van der Waals surface area contributed by atoms with Gasteiger partial charge in [-0.1, -0.05) is 11.2 Å². The molecule has 3 fully saturated rings. The van der Waals surface area contributed by atoms with Gasteiger partial charge in [-0.15, -0.1) is 0 Å². The minimum absolute atomic E-state index is 0.0171. The van der Waals surface area contributed by atoms with Crippen LogP contribution in [0.25, 0.3) is 10.9 Å². The third-order valence-corrected chi connectivity index (χ3v) is 8.41. The van der Waals surface area contributed by atoms with Gasteiger partial charge in [0.05, 0.1) is 16.8 Å². The smallest absolute Gasteiger partial charge is 0.298 e. The Morgan fingerprint density at radius 1 is 1.29 bits per heavy atom. The number of benzene rings is 1. The van der Waals surface area contributed by atoms with Gasteiger partial charge in [0.1, 0.15) is 0 Å². The number of aromatic nitrogens is 3. The van der Waals surface area contributed by atoms with Gasteiger partial charge in [-0.2, -0.15) is 5.10 Å². The third-order valence-electron chi connectivity index (χ3n) is 8.41. The fourth-order valence-corrected chi connectivity index (χ4v) is 6.36. The van der Waals surface area contributed by atoms with Gasteiger partial charge in [-0.05, 0) is 69.0 Å². The molecular formula is C26H31F2N5O2. The maximum Gasteiger partial charge on any atom is 0.298 e. The number of amides is 1. The Balaban J connectivity index is 0.970. The first-order valence-electron chi connectivity index (χ1n) is 12.6. The number of carbonyl (C=O) groups is 1. The molecule has 186 valence electrons. The highest BCUT2D eigenvalue weighted by Crippen LogP contribution is 2.58. The Hall–Kier alpha value is -2.81. The highest BCUT2D eigenvalue weighted by molar-refractivity contribution is 6.06. The van der Waals surface area contributed by atoms with Gasteiger partial charge in [0.25, 0.3) is 12.3 Å². The van der Waals surface area contributed by atoms with Crippen molar-refractivity contribution in [3.05, 3.63) is 47.5 Å². The van der Waals surface area contributed by atoms with E-state index < -0.39 is 6.43 Å². The normalized spacial score (nSPS) is 28.5. The van der Waals surface area contributed by atoms with Crippen LogP contribution in [0.15, 0.2) is 35.0 Å². The first kappa shape index (κ1) is 22.6. The predicted molar refractivity (Wildman–Crippen MR) is 126 cm³/mol. The fourth-order valence-electron chi connectivity index (χ4n) is 6.36. The topological polar surface area (TPSA) is 76.2 Å². The molecule has 1 aromatic carbocycles. The summed E-state index contributed by atoms with van der Waals surface area (Å²) in [4.78, 5) is 15.4. The number of carbonyl (C=O) groups excluding carboxylic acids is 1. The van der Waals surface area contributed by atoms with E-state index in [1.807, 2.05) is 31.4 Å². The standard InChI is InChI=1S/C26H31F2N5O2/c1-32-14-20-19(3-2-4-21(20)30-32)25(34)29-18-7-5-16(6-8-18)9-10-33-13-17-12-26(17,15-33)23-11-22(24(27)28)35-31-23/h2-4,11,14,16-18,24H,5-10,12-13,15H2,1H3,(H,29,34)/t16-,17?,18-,26?. The van der Waals surface area contributed by atoms with Crippen molar-refractivity contribution in [3.8, 4) is 0 Å². The number of alkyl halides is 2. The first-order chi connectivity index (χ1) is 16.9. The zero-order valence-electron chi connectivity index (χ0n) is 19.9. The van der Waals surface area contributed by atoms with E-state index in [0.717, 1.165) is 69.1 Å². The average molecular weight is 484 g/mol. The summed E-state index contributed by atoms with van der Waals surface area (Å²) in [6.07, 6.45) is 5.69. The molecule has 1 aliphatic heterocycles. The second kappa shape index (κ2) is 8.69. The van der Waals surface area contributed by atoms with Gasteiger partial charge < -0.3 is 14.7 Å². The van der Waals surface area contributed by atoms with Crippen LogP contribution in [0.5, 0.6) is 0 Å². The van der Waals surface area contributed by atoms with Crippen LogP contribution in [0, 0.1) is 11.8 Å². The lowest BCUT2D eigenvalue weighted by Crippen LogP contribution is -2.38. The lowest BCUT2D eigenvalue weighted by atomic mass is 9.84. The number of hydrogen-bond donors (Lipinski definition) is 1. The van der Waals surface area contributed by atoms with Crippen LogP contribution in [-0.4, -0.2) is 51.4 Å². The molecule has 2 saturated carbocycles. The number of nitrogens with zero attached hydrogens (tertiary/aromatic N) is 4. The molecule has 0 spiro atoms. The van der Waals surface area contributed by atoms with E-state index in [0.29, 0.717) is 23.1 Å². The Morgan fingerprint density at radius 2 is 2.11 bits per heavy atom. The molecule has 1 amide bonds. The number of halogens is 2. The van der Waals surface area contributed by atoms with E-state index in [-0.39, 0.29) is 23.1 Å². The zero-order chi connectivity index (χ0) is 24.2. The maximum absolute atomic E-state index is 12.9. The van der Waals surface area contributed by atoms with Crippen molar-refractivity contribution in [1.82, 2.24) is 25.2 Å². The molecule has 3 aromatic rings. The average Bonchev–Trinajstić information content (AvgIpc) is 3.24. The molecule has 2 unspecified atom stereocenters. The van der Waals surface area contributed by atoms with Crippen LogP contribution in [0.1, 0.15) is 66.8 Å². The zero-order valence-corrected chi connectivity index (χ0v) is 19.9. The fraction of sp³-hybridized carbons (Fsp3) is 0.577. The summed E-state index contributed by atoms with van der Waals surface area (Å²) in [6, 6.07) is 7.35. The van der Waals surface area contributed by atoms with Gasteiger partial charge >= 0.3 is 0 Å². The third kappa shape index (κ3) is 4.24. The lowest BCUT2D eigenvalue weighted by Gasteiger charge is -2.30. The molecule has 1 saturated heterocycles. The molecular weight excluding hydrogens is 452 g/mol. The lowest BCUT2D eigenvalue weighted by molar-refractivity contribution is 0.0921. The summed E-state index contributed by atoms with van der Waals surface area (Å²) < 4.78 is 32.4. The van der Waals surface area contributed by atoms with Crippen molar-refractivity contribution in [2.24, 2.45) is 18.9 Å². The molecule has 35 heavy (non-hydrogen) atoms. The monoisotopic (exact) mass is 483 g/mol. The van der Waals surface area contributed by atoms with E-state index in [1.54, 1.807) is 4.68 Å². The first-order valence-corrected chi connectivity index (χ1v) is 12.6. The van der Waals surface area contributed by atoms with Crippen LogP contribution in [0.4, 0.5) is 8.78 Å². The van der Waals surface area contributed by atoms with Gasteiger partial charge in [0, 0.05) is 49.2 Å². The minimum atomic E-state index is -2.61. The van der Waals surface area contributed by atoms with Crippen LogP contribution in [0.2, 0.25) is 0 Å². The number of rotatable bonds is 7. The minimum Gasteiger partial charge on any atom is -0.355 e. The van der Waals surface area contributed by atoms with Crippen molar-refractivity contribution in [1.29, 1.82) is 0 Å². The summed E-state index contributed by atoms with van der Waals surface area (Å²) in [5, 5.41) is 12.5. The van der Waals surface area contributed by atoms with Crippen molar-refractivity contribution in [2.45, 2.75) is 56.4 Å². The van der Waals surface area contributed by atoms with Crippen LogP contribution >= 0.6 is 0 Å². The van der Waals surface area contributed by atoms with E-state index in [1.165, 1.54) is 6.07 Å². The summed E-state index contributed by atoms with van der Waals surface area (Å²) in [5.41, 5.74) is 2.16. The second-order valence-corrected chi connectivity index (χ2v) is 10.7. The van der Waals surface area contributed by atoms with Gasteiger partial charge in [-0.3, -0.25) is 9.48 Å². The second-order valence-electron chi connectivity index (χ2n) is 10.7. The van der Waals surface area contributed by atoms with E-state index >= 15 is 0 Å². The van der Waals surface area contributed by atoms with E-state index in [9.17, 15) is 13.6 Å². The molecule has 0 bridgehead atoms. The largest absolute Gasteiger partial charge is 0.355 e. The Labute approximate surface area is 202 Å². The molecule has 0 radical (unpaired) electrons. The summed E-state index contributed by atoms with van der Waals surface area (Å²) in [7, 11) is 1.87. The van der Waals surface area contributed by atoms with Crippen molar-refractivity contribution < 1.29 is 18.1 Å². The molecule has 2 aliphatic carbocycles. The predicted octanol–water partition coefficient (Wildman–Crippen LogP) is 4.45. The SMILES string of the molecule is Cn1cc2c(C(=O)N[C@H]3CC[C@H](CCN4CC5CC5(c5cc(C(F)F)on5)C4)CC3)cccc2n1. The molecule has 2 atom stereocenters. The Bertz CT molecular complexity index is 1230. The van der Waals surface area contributed by atoms with Crippen LogP contribution in [-0.2, 0) is 12.5 Å². The highest BCUT2D eigenvalue weighted by atomic mass is 19.3. The molecule has 6 rings (SSSR count). The van der Waals surface area contributed by atoms with E-state index in [4.69, 9.17) is 4.52 Å². The van der Waals surface area contributed by atoms with Crippen molar-refractivity contribution in [3.63, 3.8) is 0 Å². The molecule has 2 aromatic heterocycles. The van der Waals surface area contributed by atoms with Gasteiger partial charge in [0.15, 0.2) is 0 Å². The van der Waals surface area contributed by atoms with Crippen molar-refractivity contribution >= 4 is 16.8 Å². The number of piperidine rings is 1. The summed E-state index contributed by atoms with van der Waals surface area (Å²) >= 11 is 0. The Morgan fingerprint density at radius 3 is 2.89 bits per heavy atom. The number of aryl methyl sites for hydroxylation is 1. The van der Waals surface area contributed by atoms with Crippen LogP contribution in [0.3, 0.4) is 0 Å². The molecule has 3 aliphatic rings. The van der Waals surface area contributed by atoms with Crippen molar-refractivity contribution in [2.75, 3.05) is 19.6 Å². The quantitative estimate of drug-likeness (QED) is 0.537. The number of likely N-dealkylation sites (tertiary alicyclic amines) is 1. The summed E-state index contributed by atoms with van der Waals surface area (Å²) in [6.45, 7) is 2.93. The summed E-state index contributed by atoms with van der Waals surface area (Å²) in [5.74, 6) is 0.833. The van der Waals surface area contributed by atoms with E-state index in [2.05, 4.69) is 20.5 Å². The van der Waals surface area contributed by atoms with Gasteiger partial charge in [0.2, 0.25) is 5.76 Å². The van der Waals surface area contributed by atoms with Gasteiger partial charge in [-0.25, -0.2) is 8.78 Å². The highest BCUT2D eigenvalue weighted by Gasteiger charge is 2.62. The number of nitrogens with one attached hydrogen (secondary N) is 1. The van der Waals surface area contributed by atoms with Crippen LogP contribution < -0.4 is 5.32 Å². The molecule has 7 nitrogen and oxygen atoms in total. The molecule has 3 heterocycles. The maximum atomic E-state index is 12.9. The Kier molecular flexibility index (Phi) is 5.62. The number of fused-ring (bicyclic) bond motifs is 2. The number of hydrogen-bond acceptors (Lipinski definition) is 5. The molecule has 9 heteroatoms. The molecule has 1 N–H and O–H groups in total.